The number of aromatic nitrogens is 5. The van der Waals surface area contributed by atoms with E-state index in [2.05, 4.69) is 43.8 Å². The predicted octanol–water partition coefficient (Wildman–Crippen LogP) is 4.25. The van der Waals surface area contributed by atoms with Crippen LogP contribution in [0.5, 0.6) is 0 Å². The third-order valence-corrected chi connectivity index (χ3v) is 6.53. The lowest BCUT2D eigenvalue weighted by Crippen LogP contribution is -2.29. The highest BCUT2D eigenvalue weighted by atomic mass is 32.2. The van der Waals surface area contributed by atoms with Crippen LogP contribution in [-0.4, -0.2) is 47.3 Å². The molecule has 1 saturated heterocycles. The fourth-order valence-electron chi connectivity index (χ4n) is 3.56. The number of thiocarbonyl (C=S) groups is 1. The summed E-state index contributed by atoms with van der Waals surface area (Å²) in [6.07, 6.45) is 5.12. The van der Waals surface area contributed by atoms with Crippen molar-refractivity contribution in [3.05, 3.63) is 77.1 Å². The second-order valence-electron chi connectivity index (χ2n) is 7.31. The third kappa shape index (κ3) is 4.30. The Kier molecular flexibility index (Phi) is 5.74. The summed E-state index contributed by atoms with van der Waals surface area (Å²) in [6.45, 7) is 0.527. The van der Waals surface area contributed by atoms with E-state index in [4.69, 9.17) is 12.2 Å². The van der Waals surface area contributed by atoms with Crippen LogP contribution in [0.2, 0.25) is 0 Å². The van der Waals surface area contributed by atoms with Crippen LogP contribution >= 0.6 is 24.0 Å². The molecule has 5 rings (SSSR count). The number of rotatable bonds is 6. The first-order valence-corrected chi connectivity index (χ1v) is 11.3. The van der Waals surface area contributed by atoms with Gasteiger partial charge in [-0.3, -0.25) is 14.7 Å². The average Bonchev–Trinajstić information content (AvgIpc) is 3.43. The largest absolute Gasteiger partial charge is 0.293 e. The first kappa shape index (κ1) is 20.5. The van der Waals surface area contributed by atoms with Gasteiger partial charge in [0.25, 0.3) is 5.91 Å². The summed E-state index contributed by atoms with van der Waals surface area (Å²) in [5, 5.41) is 14.9. The Morgan fingerprint density at radius 2 is 2.00 bits per heavy atom. The van der Waals surface area contributed by atoms with E-state index in [9.17, 15) is 4.79 Å². The van der Waals surface area contributed by atoms with E-state index in [1.807, 2.05) is 48.7 Å². The zero-order chi connectivity index (χ0) is 21.9. The molecular formula is C23H18N6OS2. The van der Waals surface area contributed by atoms with E-state index in [-0.39, 0.29) is 5.91 Å². The lowest BCUT2D eigenvalue weighted by molar-refractivity contribution is -0.122. The highest BCUT2D eigenvalue weighted by Gasteiger charge is 2.31. The van der Waals surface area contributed by atoms with Crippen LogP contribution in [-0.2, 0) is 11.2 Å². The smallest absolute Gasteiger partial charge is 0.266 e. The number of H-pyrrole nitrogens is 1. The van der Waals surface area contributed by atoms with Gasteiger partial charge in [0, 0.05) is 30.1 Å². The molecule has 2 aromatic heterocycles. The number of amides is 1. The van der Waals surface area contributed by atoms with Crippen molar-refractivity contribution in [1.29, 1.82) is 0 Å². The highest BCUT2D eigenvalue weighted by Crippen LogP contribution is 2.33. The van der Waals surface area contributed by atoms with Gasteiger partial charge in [0.2, 0.25) is 0 Å². The number of hydrogen-bond donors (Lipinski definition) is 1. The maximum atomic E-state index is 12.9. The Bertz CT molecular complexity index is 1340. The summed E-state index contributed by atoms with van der Waals surface area (Å²) in [4.78, 5) is 19.7. The first-order chi connectivity index (χ1) is 15.7. The molecule has 0 radical (unpaired) electrons. The van der Waals surface area contributed by atoms with E-state index in [0.29, 0.717) is 34.4 Å². The molecule has 7 nitrogen and oxygen atoms in total. The van der Waals surface area contributed by atoms with E-state index >= 15 is 0 Å². The van der Waals surface area contributed by atoms with E-state index in [1.54, 1.807) is 4.90 Å². The summed E-state index contributed by atoms with van der Waals surface area (Å²) in [5.74, 6) is 0.567. The molecule has 1 fully saturated rings. The molecule has 3 heterocycles. The van der Waals surface area contributed by atoms with E-state index in [0.717, 1.165) is 27.6 Å². The van der Waals surface area contributed by atoms with Crippen LogP contribution < -0.4 is 0 Å². The number of hydrogen-bond acceptors (Lipinski definition) is 7. The second-order valence-corrected chi connectivity index (χ2v) is 8.98. The molecule has 0 atom stereocenters. The Hall–Kier alpha value is -3.43. The molecule has 158 valence electrons. The zero-order valence-electron chi connectivity index (χ0n) is 16.9. The van der Waals surface area contributed by atoms with Gasteiger partial charge in [-0.2, -0.15) is 5.21 Å². The topological polar surface area (TPSA) is 87.7 Å². The lowest BCUT2D eigenvalue weighted by Gasteiger charge is -2.13. The van der Waals surface area contributed by atoms with Crippen LogP contribution in [0, 0.1) is 0 Å². The minimum Gasteiger partial charge on any atom is -0.293 e. The van der Waals surface area contributed by atoms with Gasteiger partial charge in [-0.15, -0.1) is 10.2 Å². The first-order valence-electron chi connectivity index (χ1n) is 10.1. The number of aromatic amines is 1. The number of nitrogens with one attached hydrogen (secondary N) is 1. The van der Waals surface area contributed by atoms with Crippen LogP contribution in [0.15, 0.2) is 65.7 Å². The maximum absolute atomic E-state index is 12.9. The quantitative estimate of drug-likeness (QED) is 0.341. The highest BCUT2D eigenvalue weighted by molar-refractivity contribution is 8.26. The number of pyridine rings is 1. The number of carbonyl (C=O) groups is 1. The molecule has 0 spiro atoms. The van der Waals surface area contributed by atoms with Crippen molar-refractivity contribution in [2.45, 2.75) is 12.8 Å². The Morgan fingerprint density at radius 3 is 2.88 bits per heavy atom. The van der Waals surface area contributed by atoms with Crippen LogP contribution in [0.4, 0.5) is 0 Å². The van der Waals surface area contributed by atoms with Crippen molar-refractivity contribution >= 4 is 51.2 Å². The van der Waals surface area contributed by atoms with Gasteiger partial charge in [-0.1, -0.05) is 65.6 Å². The standard InChI is InChI=1S/C23H18N6OS2/c30-22-20(32-23(31)29(22)10-4-9-21-25-27-28-26-21)12-15-5-3-7-16(11-15)18-13-17-6-1-2-8-19(17)24-14-18/h1-3,5-8,11-14H,4,9-10H2,(H,25,26,27,28)/b20-12-. The molecular weight excluding hydrogens is 440 g/mol. The number of aryl methyl sites for hydroxylation is 1. The summed E-state index contributed by atoms with van der Waals surface area (Å²) in [5.41, 5.74) is 4.00. The molecule has 1 N–H and O–H groups in total. The number of para-hydroxylation sites is 1. The Balaban J connectivity index is 1.33. The van der Waals surface area contributed by atoms with Gasteiger partial charge in [0.1, 0.15) is 4.32 Å². The lowest BCUT2D eigenvalue weighted by atomic mass is 10.0. The zero-order valence-corrected chi connectivity index (χ0v) is 18.6. The molecule has 2 aromatic carbocycles. The van der Waals surface area contributed by atoms with Crippen LogP contribution in [0.3, 0.4) is 0 Å². The van der Waals surface area contributed by atoms with Gasteiger partial charge in [0.05, 0.1) is 10.4 Å². The number of thioether (sulfide) groups is 1. The fourth-order valence-corrected chi connectivity index (χ4v) is 4.87. The monoisotopic (exact) mass is 458 g/mol. The molecule has 1 aliphatic rings. The number of nitrogens with zero attached hydrogens (tertiary/aromatic N) is 5. The van der Waals surface area contributed by atoms with Crippen LogP contribution in [0.25, 0.3) is 28.1 Å². The molecule has 0 bridgehead atoms. The van der Waals surface area contributed by atoms with Gasteiger partial charge >= 0.3 is 0 Å². The Labute approximate surface area is 193 Å². The van der Waals surface area contributed by atoms with Gasteiger partial charge < -0.3 is 0 Å². The molecule has 1 aliphatic heterocycles. The van der Waals surface area contributed by atoms with Crippen molar-refractivity contribution < 1.29 is 4.79 Å². The molecule has 0 saturated carbocycles. The fraction of sp³-hybridized carbons (Fsp3) is 0.130. The predicted molar refractivity (Wildman–Crippen MR) is 130 cm³/mol. The van der Waals surface area contributed by atoms with Crippen molar-refractivity contribution in [3.63, 3.8) is 0 Å². The van der Waals surface area contributed by atoms with E-state index in [1.165, 1.54) is 11.8 Å². The molecule has 4 aromatic rings. The summed E-state index contributed by atoms with van der Waals surface area (Å²) in [6, 6.07) is 18.3. The summed E-state index contributed by atoms with van der Waals surface area (Å²) in [7, 11) is 0. The average molecular weight is 459 g/mol. The number of fused-ring (bicyclic) bond motifs is 1. The van der Waals surface area contributed by atoms with Crippen molar-refractivity contribution in [3.8, 4) is 11.1 Å². The summed E-state index contributed by atoms with van der Waals surface area (Å²) >= 11 is 6.78. The number of benzene rings is 2. The minimum atomic E-state index is -0.0640. The maximum Gasteiger partial charge on any atom is 0.266 e. The van der Waals surface area contributed by atoms with E-state index < -0.39 is 0 Å². The van der Waals surface area contributed by atoms with Gasteiger partial charge in [-0.05, 0) is 41.8 Å². The molecule has 9 heteroatoms. The number of tetrazole rings is 1. The van der Waals surface area contributed by atoms with Crippen molar-refractivity contribution in [1.82, 2.24) is 30.5 Å². The normalized spacial score (nSPS) is 15.2. The second kappa shape index (κ2) is 8.97. The third-order valence-electron chi connectivity index (χ3n) is 5.15. The van der Waals surface area contributed by atoms with Crippen molar-refractivity contribution in [2.24, 2.45) is 0 Å². The summed E-state index contributed by atoms with van der Waals surface area (Å²) < 4.78 is 0.573. The van der Waals surface area contributed by atoms with Gasteiger partial charge in [-0.25, -0.2) is 0 Å². The van der Waals surface area contributed by atoms with Crippen molar-refractivity contribution in [2.75, 3.05) is 6.54 Å². The SMILES string of the molecule is O=C1/C(=C/c2cccc(-c3cnc4ccccc4c3)c2)SC(=S)N1CCCc1nn[nH]n1. The van der Waals surface area contributed by atoms with Crippen LogP contribution in [0.1, 0.15) is 17.8 Å². The van der Waals surface area contributed by atoms with Gasteiger partial charge in [0.15, 0.2) is 5.82 Å². The minimum absolute atomic E-state index is 0.0640. The molecule has 0 aliphatic carbocycles. The molecule has 1 amide bonds. The molecule has 0 unspecified atom stereocenters. The molecule has 32 heavy (non-hydrogen) atoms. The Morgan fingerprint density at radius 1 is 1.09 bits per heavy atom. The number of carbonyl (C=O) groups excluding carboxylic acids is 1.